The molecule has 1 amide bonds. The van der Waals surface area contributed by atoms with Gasteiger partial charge in [0.1, 0.15) is 0 Å². The Hall–Kier alpha value is -1.42. The van der Waals surface area contributed by atoms with E-state index in [-0.39, 0.29) is 5.97 Å². The van der Waals surface area contributed by atoms with E-state index in [9.17, 15) is 9.59 Å². The first-order valence-corrected chi connectivity index (χ1v) is 6.59. The number of hydrazine groups is 4. The van der Waals surface area contributed by atoms with Crippen LogP contribution in [0.3, 0.4) is 0 Å². The molecule has 9 heteroatoms. The van der Waals surface area contributed by atoms with E-state index in [1.165, 1.54) is 14.2 Å². The first-order valence-electron chi connectivity index (χ1n) is 6.59. The summed E-state index contributed by atoms with van der Waals surface area (Å²) in [4.78, 5) is 21.5. The molecule has 0 spiro atoms. The van der Waals surface area contributed by atoms with Crippen LogP contribution in [-0.2, 0) is 14.3 Å². The highest BCUT2D eigenvalue weighted by atomic mass is 16.5. The lowest BCUT2D eigenvalue weighted by Gasteiger charge is -2.10. The van der Waals surface area contributed by atoms with E-state index in [1.54, 1.807) is 0 Å². The highest BCUT2D eigenvalue weighted by Crippen LogP contribution is 2.05. The molecule has 0 unspecified atom stereocenters. The van der Waals surface area contributed by atoms with Crippen molar-refractivity contribution in [3.8, 4) is 0 Å². The van der Waals surface area contributed by atoms with E-state index < -0.39 is 6.09 Å². The summed E-state index contributed by atoms with van der Waals surface area (Å²) < 4.78 is 8.89. The van der Waals surface area contributed by atoms with Gasteiger partial charge in [0.05, 0.1) is 14.2 Å². The number of rotatable bonds is 12. The molecule has 0 fully saturated rings. The molecule has 118 valence electrons. The molecular weight excluding hydrogens is 266 g/mol. The number of hydrogen-bond acceptors (Lipinski definition) is 8. The number of carbonyl (C=O) groups excluding carboxylic acids is 2. The van der Waals surface area contributed by atoms with Gasteiger partial charge in [-0.3, -0.25) is 4.79 Å². The van der Waals surface area contributed by atoms with E-state index in [0.717, 1.165) is 38.6 Å². The Morgan fingerprint density at radius 2 is 1.55 bits per heavy atom. The maximum atomic E-state index is 10.8. The summed E-state index contributed by atoms with van der Waals surface area (Å²) in [5.74, 6) is -0.144. The zero-order valence-corrected chi connectivity index (χ0v) is 12.1. The molecule has 0 saturated carbocycles. The molecule has 0 aliphatic rings. The van der Waals surface area contributed by atoms with Crippen LogP contribution in [0.2, 0.25) is 0 Å². The van der Waals surface area contributed by atoms with Crippen molar-refractivity contribution in [2.75, 3.05) is 20.8 Å². The van der Waals surface area contributed by atoms with Gasteiger partial charge in [0.25, 0.3) is 0 Å². The van der Waals surface area contributed by atoms with Crippen molar-refractivity contribution < 1.29 is 19.1 Å². The van der Waals surface area contributed by atoms with Gasteiger partial charge < -0.3 is 9.47 Å². The monoisotopic (exact) mass is 291 g/mol. The Bertz CT molecular complexity index is 239. The number of ether oxygens (including phenoxy) is 2. The first kappa shape index (κ1) is 18.6. The van der Waals surface area contributed by atoms with Crippen molar-refractivity contribution in [1.82, 2.24) is 27.5 Å². The molecule has 0 aliphatic carbocycles. The second kappa shape index (κ2) is 14.0. The van der Waals surface area contributed by atoms with Crippen LogP contribution in [0.4, 0.5) is 4.79 Å². The van der Waals surface area contributed by atoms with Gasteiger partial charge in [-0.15, -0.1) is 0 Å². The lowest BCUT2D eigenvalue weighted by Crippen LogP contribution is -2.56. The van der Waals surface area contributed by atoms with Crippen LogP contribution in [0.15, 0.2) is 0 Å². The summed E-state index contributed by atoms with van der Waals surface area (Å²) in [5.41, 5.74) is 12.6. The molecule has 0 aromatic rings. The largest absolute Gasteiger partial charge is 0.469 e. The van der Waals surface area contributed by atoms with Crippen LogP contribution >= 0.6 is 0 Å². The molecule has 20 heavy (non-hydrogen) atoms. The molecule has 9 nitrogen and oxygen atoms in total. The fraction of sp³-hybridized carbons (Fsp3) is 0.818. The lowest BCUT2D eigenvalue weighted by molar-refractivity contribution is -0.140. The molecule has 0 atom stereocenters. The quantitative estimate of drug-likeness (QED) is 0.192. The number of nitrogens with one attached hydrogen (secondary N) is 5. The zero-order valence-electron chi connectivity index (χ0n) is 12.1. The van der Waals surface area contributed by atoms with Crippen molar-refractivity contribution in [3.05, 3.63) is 0 Å². The van der Waals surface area contributed by atoms with E-state index in [2.05, 4.69) is 36.9 Å². The van der Waals surface area contributed by atoms with Gasteiger partial charge in [-0.25, -0.2) is 15.6 Å². The minimum absolute atomic E-state index is 0.144. The predicted molar refractivity (Wildman–Crippen MR) is 72.7 cm³/mol. The fourth-order valence-corrected chi connectivity index (χ4v) is 1.39. The van der Waals surface area contributed by atoms with Crippen LogP contribution in [0.5, 0.6) is 0 Å². The molecule has 0 radical (unpaired) electrons. The standard InChI is InChI=1S/C11H25N5O4/c1-19-10(17)8-6-4-3-5-7-9-12-14-16-15-13-11(18)20-2/h12,14-16H,3-9H2,1-2H3,(H,13,18). The van der Waals surface area contributed by atoms with Gasteiger partial charge in [-0.2, -0.15) is 16.6 Å². The minimum atomic E-state index is -0.591. The molecule has 0 saturated heterocycles. The van der Waals surface area contributed by atoms with Gasteiger partial charge in [0, 0.05) is 13.0 Å². The molecule has 0 aromatic heterocycles. The van der Waals surface area contributed by atoms with Crippen LogP contribution in [0, 0.1) is 0 Å². The third-order valence-electron chi connectivity index (χ3n) is 2.47. The summed E-state index contributed by atoms with van der Waals surface area (Å²) in [6.07, 6.45) is 5.01. The van der Waals surface area contributed by atoms with E-state index in [0.29, 0.717) is 6.42 Å². The smallest absolute Gasteiger partial charge is 0.422 e. The van der Waals surface area contributed by atoms with Crippen LogP contribution in [0.1, 0.15) is 38.5 Å². The Labute approximate surface area is 119 Å². The summed E-state index contributed by atoms with van der Waals surface area (Å²) >= 11 is 0. The number of carbonyl (C=O) groups is 2. The second-order valence-corrected chi connectivity index (χ2v) is 4.01. The van der Waals surface area contributed by atoms with Gasteiger partial charge in [-0.05, 0) is 12.8 Å². The Kier molecular flexibility index (Phi) is 13.0. The second-order valence-electron chi connectivity index (χ2n) is 4.01. The third-order valence-corrected chi connectivity index (χ3v) is 2.47. The minimum Gasteiger partial charge on any atom is -0.469 e. The molecule has 0 heterocycles. The van der Waals surface area contributed by atoms with E-state index in [1.807, 2.05) is 0 Å². The molecule has 5 N–H and O–H groups in total. The topological polar surface area (TPSA) is 113 Å². The summed E-state index contributed by atoms with van der Waals surface area (Å²) in [7, 11) is 2.68. The molecule has 0 aromatic carbocycles. The number of methoxy groups -OCH3 is 2. The van der Waals surface area contributed by atoms with Gasteiger partial charge in [-0.1, -0.05) is 19.3 Å². The van der Waals surface area contributed by atoms with Gasteiger partial charge >= 0.3 is 12.1 Å². The third kappa shape index (κ3) is 13.0. The fourth-order valence-electron chi connectivity index (χ4n) is 1.39. The average Bonchev–Trinajstić information content (AvgIpc) is 2.47. The SMILES string of the molecule is COC(=O)CCCCCCCNNNNNC(=O)OC. The molecule has 0 aliphatic heterocycles. The first-order chi connectivity index (χ1) is 9.70. The van der Waals surface area contributed by atoms with Crippen molar-refractivity contribution in [2.45, 2.75) is 38.5 Å². The van der Waals surface area contributed by atoms with Crippen molar-refractivity contribution in [3.63, 3.8) is 0 Å². The van der Waals surface area contributed by atoms with Crippen LogP contribution < -0.4 is 27.5 Å². The number of unbranched alkanes of at least 4 members (excludes halogenated alkanes) is 4. The molecule has 0 rings (SSSR count). The van der Waals surface area contributed by atoms with Gasteiger partial charge in [0.15, 0.2) is 0 Å². The van der Waals surface area contributed by atoms with Crippen LogP contribution in [-0.4, -0.2) is 32.8 Å². The van der Waals surface area contributed by atoms with Crippen molar-refractivity contribution in [1.29, 1.82) is 0 Å². The highest BCUT2D eigenvalue weighted by Gasteiger charge is 1.98. The van der Waals surface area contributed by atoms with E-state index in [4.69, 9.17) is 0 Å². The maximum absolute atomic E-state index is 10.8. The van der Waals surface area contributed by atoms with E-state index >= 15 is 0 Å². The Morgan fingerprint density at radius 1 is 0.850 bits per heavy atom. The Morgan fingerprint density at radius 3 is 2.25 bits per heavy atom. The van der Waals surface area contributed by atoms with Crippen LogP contribution in [0.25, 0.3) is 0 Å². The number of hydrogen-bond donors (Lipinski definition) is 5. The Balaban J connectivity index is 3.06. The normalized spacial score (nSPS) is 10.1. The molecule has 0 bridgehead atoms. The zero-order chi connectivity index (χ0) is 15.1. The molecular formula is C11H25N5O4. The van der Waals surface area contributed by atoms with Crippen molar-refractivity contribution in [2.24, 2.45) is 0 Å². The maximum Gasteiger partial charge on any atom is 0.422 e. The van der Waals surface area contributed by atoms with Gasteiger partial charge in [0.2, 0.25) is 0 Å². The summed E-state index contributed by atoms with van der Waals surface area (Å²) in [6, 6.07) is 0. The predicted octanol–water partition coefficient (Wildman–Crippen LogP) is -0.126. The summed E-state index contributed by atoms with van der Waals surface area (Å²) in [6.45, 7) is 0.782. The average molecular weight is 291 g/mol. The lowest BCUT2D eigenvalue weighted by atomic mass is 10.1. The number of amides is 1. The highest BCUT2D eigenvalue weighted by molar-refractivity contribution is 5.68. The summed E-state index contributed by atoms with van der Waals surface area (Å²) in [5, 5.41) is 0. The van der Waals surface area contributed by atoms with Crippen molar-refractivity contribution >= 4 is 12.1 Å². The number of esters is 1.